The van der Waals surface area contributed by atoms with Crippen LogP contribution in [0.5, 0.6) is 5.75 Å². The molecule has 0 amide bonds. The Labute approximate surface area is 187 Å². The molecule has 0 radical (unpaired) electrons. The van der Waals surface area contributed by atoms with Gasteiger partial charge in [0.15, 0.2) is 5.78 Å². The van der Waals surface area contributed by atoms with Crippen molar-refractivity contribution in [2.75, 3.05) is 0 Å². The zero-order valence-electron chi connectivity index (χ0n) is 18.2. The molecule has 1 saturated carbocycles. The summed E-state index contributed by atoms with van der Waals surface area (Å²) in [5.74, 6) is 0.664. The summed E-state index contributed by atoms with van der Waals surface area (Å²) in [5, 5.41) is 6.34. The molecule has 162 valence electrons. The van der Waals surface area contributed by atoms with Crippen LogP contribution in [0.2, 0.25) is 0 Å². The number of carbonyl (C=O) groups excluding carboxylic acids is 1. The van der Waals surface area contributed by atoms with Crippen LogP contribution in [0.1, 0.15) is 48.2 Å². The van der Waals surface area contributed by atoms with Crippen molar-refractivity contribution >= 4 is 16.6 Å². The van der Waals surface area contributed by atoms with Crippen molar-refractivity contribution in [3.63, 3.8) is 0 Å². The average Bonchev–Trinajstić information content (AvgIpc) is 3.26. The number of aryl methyl sites for hydroxylation is 1. The lowest BCUT2D eigenvalue weighted by Crippen LogP contribution is -2.19. The van der Waals surface area contributed by atoms with E-state index in [-0.39, 0.29) is 18.3 Å². The highest BCUT2D eigenvalue weighted by molar-refractivity contribution is 5.98. The normalized spacial score (nSPS) is 14.5. The van der Waals surface area contributed by atoms with E-state index in [1.54, 1.807) is 17.1 Å². The minimum absolute atomic E-state index is 0.0122. The monoisotopic (exact) mass is 426 g/mol. The van der Waals surface area contributed by atoms with Gasteiger partial charge in [0.1, 0.15) is 5.75 Å². The Morgan fingerprint density at radius 2 is 1.88 bits per heavy atom. The Kier molecular flexibility index (Phi) is 5.67. The van der Waals surface area contributed by atoms with Gasteiger partial charge in [0, 0.05) is 47.8 Å². The van der Waals surface area contributed by atoms with Crippen molar-refractivity contribution in [2.24, 2.45) is 7.05 Å². The van der Waals surface area contributed by atoms with Gasteiger partial charge in [-0.3, -0.25) is 19.4 Å². The molecule has 1 aromatic carbocycles. The van der Waals surface area contributed by atoms with Gasteiger partial charge in [-0.1, -0.05) is 18.6 Å². The molecule has 6 nitrogen and oxygen atoms in total. The van der Waals surface area contributed by atoms with Gasteiger partial charge in [-0.2, -0.15) is 5.10 Å². The minimum Gasteiger partial charge on any atom is -0.489 e. The van der Waals surface area contributed by atoms with Crippen LogP contribution in [0.15, 0.2) is 61.3 Å². The molecule has 0 aliphatic heterocycles. The lowest BCUT2D eigenvalue weighted by molar-refractivity contribution is 0.0990. The van der Waals surface area contributed by atoms with E-state index < -0.39 is 0 Å². The smallest absolute Gasteiger partial charge is 0.170 e. The molecule has 1 fully saturated rings. The summed E-state index contributed by atoms with van der Waals surface area (Å²) in [6.45, 7) is 0. The van der Waals surface area contributed by atoms with Crippen LogP contribution in [0.3, 0.4) is 0 Å². The first-order chi connectivity index (χ1) is 15.6. The average molecular weight is 427 g/mol. The number of ether oxygens (including phenoxy) is 1. The lowest BCUT2D eigenvalue weighted by Gasteiger charge is -2.22. The molecule has 5 rings (SSSR count). The Bertz CT molecular complexity index is 1260. The third-order valence-electron chi connectivity index (χ3n) is 6.05. The SMILES string of the molecule is Cn1cc(-c2ccc3cnc(CC(=O)c4cncc(OC5CCCCC5)c4)cc3c2)cn1. The van der Waals surface area contributed by atoms with Crippen LogP contribution < -0.4 is 4.74 Å². The summed E-state index contributed by atoms with van der Waals surface area (Å²) in [5.41, 5.74) is 3.45. The number of fused-ring (bicyclic) bond motifs is 1. The fourth-order valence-corrected chi connectivity index (χ4v) is 4.31. The summed E-state index contributed by atoms with van der Waals surface area (Å²) < 4.78 is 7.86. The van der Waals surface area contributed by atoms with Crippen molar-refractivity contribution in [3.05, 3.63) is 72.6 Å². The summed E-state index contributed by atoms with van der Waals surface area (Å²) in [6, 6.07) is 10.0. The molecule has 0 unspecified atom stereocenters. The van der Waals surface area contributed by atoms with Crippen LogP contribution in [0, 0.1) is 0 Å². The van der Waals surface area contributed by atoms with Gasteiger partial charge in [0.2, 0.25) is 0 Å². The van der Waals surface area contributed by atoms with E-state index in [1.165, 1.54) is 19.3 Å². The second-order valence-electron chi connectivity index (χ2n) is 8.53. The second kappa shape index (κ2) is 8.91. The summed E-state index contributed by atoms with van der Waals surface area (Å²) in [4.78, 5) is 21.7. The van der Waals surface area contributed by atoms with Gasteiger partial charge < -0.3 is 4.74 Å². The maximum Gasteiger partial charge on any atom is 0.170 e. The molecule has 4 aromatic rings. The molecule has 1 aliphatic carbocycles. The summed E-state index contributed by atoms with van der Waals surface area (Å²) in [6.07, 6.45) is 15.2. The quantitative estimate of drug-likeness (QED) is 0.398. The first kappa shape index (κ1) is 20.4. The largest absolute Gasteiger partial charge is 0.489 e. The Hall–Kier alpha value is -3.54. The first-order valence-electron chi connectivity index (χ1n) is 11.2. The maximum absolute atomic E-state index is 12.9. The third-order valence-corrected chi connectivity index (χ3v) is 6.05. The van der Waals surface area contributed by atoms with Gasteiger partial charge in [-0.25, -0.2) is 0 Å². The van der Waals surface area contributed by atoms with Gasteiger partial charge in [-0.05, 0) is 54.8 Å². The number of nitrogens with zero attached hydrogens (tertiary/aromatic N) is 4. The van der Waals surface area contributed by atoms with E-state index in [2.05, 4.69) is 27.2 Å². The molecule has 32 heavy (non-hydrogen) atoms. The van der Waals surface area contributed by atoms with Gasteiger partial charge in [0.05, 0.1) is 24.9 Å². The van der Waals surface area contributed by atoms with Crippen molar-refractivity contribution in [2.45, 2.75) is 44.6 Å². The van der Waals surface area contributed by atoms with Crippen LogP contribution in [-0.2, 0) is 13.5 Å². The Morgan fingerprint density at radius 3 is 2.69 bits per heavy atom. The Balaban J connectivity index is 1.33. The fraction of sp³-hybridized carbons (Fsp3) is 0.308. The van der Waals surface area contributed by atoms with Crippen LogP contribution >= 0.6 is 0 Å². The van der Waals surface area contributed by atoms with E-state index in [9.17, 15) is 4.79 Å². The highest BCUT2D eigenvalue weighted by Gasteiger charge is 2.16. The summed E-state index contributed by atoms with van der Waals surface area (Å²) in [7, 11) is 1.90. The molecule has 3 heterocycles. The molecule has 3 aromatic heterocycles. The standard InChI is InChI=1S/C26H26N4O2/c1-30-17-22(15-29-30)18-7-8-19-14-28-23(10-20(19)9-18)12-26(31)21-11-25(16-27-13-21)32-24-5-3-2-4-6-24/h7-11,13-17,24H,2-6,12H2,1H3. The molecule has 0 spiro atoms. The van der Waals surface area contributed by atoms with Crippen molar-refractivity contribution in [1.29, 1.82) is 0 Å². The van der Waals surface area contributed by atoms with E-state index in [0.717, 1.165) is 40.4 Å². The van der Waals surface area contributed by atoms with Crippen LogP contribution in [0.4, 0.5) is 0 Å². The van der Waals surface area contributed by atoms with E-state index in [1.807, 2.05) is 43.8 Å². The molecular formula is C26H26N4O2. The highest BCUT2D eigenvalue weighted by Crippen LogP contribution is 2.26. The number of ketones is 1. The molecular weight excluding hydrogens is 400 g/mol. The number of carbonyl (C=O) groups is 1. The fourth-order valence-electron chi connectivity index (χ4n) is 4.31. The van der Waals surface area contributed by atoms with Gasteiger partial charge in [0.25, 0.3) is 0 Å². The third kappa shape index (κ3) is 4.54. The van der Waals surface area contributed by atoms with Crippen molar-refractivity contribution in [1.82, 2.24) is 19.7 Å². The van der Waals surface area contributed by atoms with Crippen LogP contribution in [-0.4, -0.2) is 31.6 Å². The predicted molar refractivity (Wildman–Crippen MR) is 124 cm³/mol. The molecule has 6 heteroatoms. The molecule has 0 atom stereocenters. The van der Waals surface area contributed by atoms with E-state index >= 15 is 0 Å². The van der Waals surface area contributed by atoms with Crippen molar-refractivity contribution in [3.8, 4) is 16.9 Å². The van der Waals surface area contributed by atoms with Gasteiger partial charge in [-0.15, -0.1) is 0 Å². The topological polar surface area (TPSA) is 69.9 Å². The highest BCUT2D eigenvalue weighted by atomic mass is 16.5. The van der Waals surface area contributed by atoms with E-state index in [4.69, 9.17) is 4.74 Å². The molecule has 0 saturated heterocycles. The number of hydrogen-bond donors (Lipinski definition) is 0. The van der Waals surface area contributed by atoms with Crippen molar-refractivity contribution < 1.29 is 9.53 Å². The molecule has 1 aliphatic rings. The second-order valence-corrected chi connectivity index (χ2v) is 8.53. The number of Topliss-reactive ketones (excluding diaryl/α,β-unsaturated/α-hetero) is 1. The van der Waals surface area contributed by atoms with E-state index in [0.29, 0.717) is 11.3 Å². The van der Waals surface area contributed by atoms with Gasteiger partial charge >= 0.3 is 0 Å². The predicted octanol–water partition coefficient (Wildman–Crippen LogP) is 5.17. The van der Waals surface area contributed by atoms with Crippen LogP contribution in [0.25, 0.3) is 21.9 Å². The molecule has 0 N–H and O–H groups in total. The number of hydrogen-bond acceptors (Lipinski definition) is 5. The molecule has 0 bridgehead atoms. The number of pyridine rings is 2. The number of aromatic nitrogens is 4. The number of benzene rings is 1. The zero-order chi connectivity index (χ0) is 21.9. The zero-order valence-corrected chi connectivity index (χ0v) is 18.2. The maximum atomic E-state index is 12.9. The first-order valence-corrected chi connectivity index (χ1v) is 11.2. The summed E-state index contributed by atoms with van der Waals surface area (Å²) >= 11 is 0. The minimum atomic E-state index is -0.0122. The number of rotatable bonds is 6. The Morgan fingerprint density at radius 1 is 1.00 bits per heavy atom. The lowest BCUT2D eigenvalue weighted by atomic mass is 9.98.